The van der Waals surface area contributed by atoms with Crippen molar-refractivity contribution < 1.29 is 0 Å². The zero-order valence-corrected chi connectivity index (χ0v) is 4.77. The van der Waals surface area contributed by atoms with Crippen molar-refractivity contribution in [3.63, 3.8) is 0 Å². The fourth-order valence-electron chi connectivity index (χ4n) is 0.584. The first-order valence-electron chi connectivity index (χ1n) is 2.21. The number of rotatable bonds is 0. The Bertz CT molecular complexity index is 203. The van der Waals surface area contributed by atoms with Gasteiger partial charge in [-0.15, -0.1) is 5.10 Å². The fourth-order valence-corrected chi connectivity index (χ4v) is 1.20. The van der Waals surface area contributed by atoms with Gasteiger partial charge in [-0.2, -0.15) is 5.10 Å². The predicted octanol–water partition coefficient (Wildman–Crippen LogP) is 0.971. The number of hydrogen-bond acceptors (Lipinski definition) is 3. The molecule has 0 bridgehead atoms. The van der Waals surface area contributed by atoms with Crippen LogP contribution in [0.5, 0.6) is 0 Å². The van der Waals surface area contributed by atoms with Crippen LogP contribution in [0, 0.1) is 0 Å². The summed E-state index contributed by atoms with van der Waals surface area (Å²) in [5.41, 5.74) is 1.09. The second-order valence-corrected chi connectivity index (χ2v) is 2.30. The summed E-state index contributed by atoms with van der Waals surface area (Å²) < 4.78 is 2.96. The Morgan fingerprint density at radius 1 is 1.62 bits per heavy atom. The van der Waals surface area contributed by atoms with E-state index in [9.17, 15) is 0 Å². The van der Waals surface area contributed by atoms with Crippen molar-refractivity contribution in [2.75, 3.05) is 0 Å². The van der Waals surface area contributed by atoms with E-state index in [1.165, 1.54) is 11.5 Å². The van der Waals surface area contributed by atoms with Gasteiger partial charge in [0.15, 0.2) is 5.01 Å². The van der Waals surface area contributed by atoms with Gasteiger partial charge in [0, 0.05) is 6.20 Å². The average Bonchev–Trinajstić information content (AvgIpc) is 2.15. The van der Waals surface area contributed by atoms with Gasteiger partial charge in [-0.25, -0.2) is 0 Å². The molecule has 4 heteroatoms. The van der Waals surface area contributed by atoms with Crippen molar-refractivity contribution in [1.29, 1.82) is 0 Å². The SMILES string of the molecule is c1nnc2s[nH]cc1-2. The summed E-state index contributed by atoms with van der Waals surface area (Å²) in [5.74, 6) is 0. The smallest absolute Gasteiger partial charge is 0.165 e. The lowest BCUT2D eigenvalue weighted by Crippen LogP contribution is -1.60. The Labute approximate surface area is 49.9 Å². The first-order chi connectivity index (χ1) is 3.97. The number of nitrogens with one attached hydrogen (secondary N) is 1. The summed E-state index contributed by atoms with van der Waals surface area (Å²) in [6, 6.07) is 0. The number of hydrogen-bond donors (Lipinski definition) is 1. The molecular formula is C4H3N3S. The van der Waals surface area contributed by atoms with Crippen molar-refractivity contribution in [1.82, 2.24) is 14.6 Å². The number of nitrogens with zero attached hydrogens (tertiary/aromatic N) is 2. The molecule has 2 heterocycles. The molecule has 40 valence electrons. The quantitative estimate of drug-likeness (QED) is 0.570. The molecule has 3 nitrogen and oxygen atoms in total. The normalized spacial score (nSPS) is 10.5. The van der Waals surface area contributed by atoms with Crippen LogP contribution in [-0.4, -0.2) is 14.6 Å². The van der Waals surface area contributed by atoms with Crippen LogP contribution < -0.4 is 0 Å². The van der Waals surface area contributed by atoms with Crippen LogP contribution in [0.15, 0.2) is 12.4 Å². The summed E-state index contributed by atoms with van der Waals surface area (Å²) in [4.78, 5) is 0. The molecule has 2 aliphatic rings. The first-order valence-corrected chi connectivity index (χ1v) is 3.02. The summed E-state index contributed by atoms with van der Waals surface area (Å²) in [6.45, 7) is 0. The molecule has 8 heavy (non-hydrogen) atoms. The van der Waals surface area contributed by atoms with Crippen LogP contribution in [0.1, 0.15) is 0 Å². The second-order valence-electron chi connectivity index (χ2n) is 1.47. The van der Waals surface area contributed by atoms with Gasteiger partial charge in [-0.1, -0.05) is 0 Å². The third-order valence-corrected chi connectivity index (χ3v) is 1.71. The van der Waals surface area contributed by atoms with E-state index in [0.717, 1.165) is 10.6 Å². The molecule has 0 saturated heterocycles. The molecule has 0 aromatic rings. The summed E-state index contributed by atoms with van der Waals surface area (Å²) in [6.07, 6.45) is 3.63. The van der Waals surface area contributed by atoms with Crippen LogP contribution in [0.3, 0.4) is 0 Å². The highest BCUT2D eigenvalue weighted by Gasteiger charge is 2.03. The summed E-state index contributed by atoms with van der Waals surface area (Å²) in [7, 11) is 0. The molecule has 2 rings (SSSR count). The lowest BCUT2D eigenvalue weighted by Gasteiger charge is -1.69. The van der Waals surface area contributed by atoms with Crippen molar-refractivity contribution in [2.24, 2.45) is 0 Å². The molecular weight excluding hydrogens is 122 g/mol. The lowest BCUT2D eigenvalue weighted by molar-refractivity contribution is 1.11. The van der Waals surface area contributed by atoms with E-state index in [1.807, 2.05) is 6.20 Å². The molecule has 1 N–H and O–H groups in total. The molecule has 0 amide bonds. The van der Waals surface area contributed by atoms with Crippen molar-refractivity contribution in [3.8, 4) is 10.6 Å². The van der Waals surface area contributed by atoms with Crippen LogP contribution in [0.2, 0.25) is 0 Å². The van der Waals surface area contributed by atoms with Crippen molar-refractivity contribution in [2.45, 2.75) is 0 Å². The Morgan fingerprint density at radius 2 is 2.62 bits per heavy atom. The second kappa shape index (κ2) is 1.29. The molecule has 2 aliphatic heterocycles. The fraction of sp³-hybridized carbons (Fsp3) is 0. The van der Waals surface area contributed by atoms with Gasteiger partial charge in [0.25, 0.3) is 0 Å². The molecule has 0 fully saturated rings. The molecule has 0 saturated carbocycles. The predicted molar refractivity (Wildman–Crippen MR) is 30.9 cm³/mol. The standard InChI is InChI=1S/C4H3N3S/c1-3-2-6-8-4(3)7-5-1/h1-2,6H. The minimum Gasteiger partial charge on any atom is -0.316 e. The van der Waals surface area contributed by atoms with Crippen LogP contribution in [-0.2, 0) is 0 Å². The van der Waals surface area contributed by atoms with Crippen LogP contribution in [0.4, 0.5) is 0 Å². The Kier molecular flexibility index (Phi) is 0.648. The molecule has 0 unspecified atom stereocenters. The Morgan fingerprint density at radius 3 is 3.50 bits per heavy atom. The summed E-state index contributed by atoms with van der Waals surface area (Å²) >= 11 is 1.50. The van der Waals surface area contributed by atoms with Gasteiger partial charge < -0.3 is 4.37 Å². The largest absolute Gasteiger partial charge is 0.316 e. The maximum atomic E-state index is 3.82. The van der Waals surface area contributed by atoms with E-state index in [4.69, 9.17) is 0 Å². The number of fused-ring (bicyclic) bond motifs is 1. The first kappa shape index (κ1) is 4.03. The molecule has 0 atom stereocenters. The van der Waals surface area contributed by atoms with Gasteiger partial charge in [-0.3, -0.25) is 0 Å². The number of aromatic nitrogens is 3. The third kappa shape index (κ3) is 0.376. The average molecular weight is 125 g/mol. The lowest BCUT2D eigenvalue weighted by atomic mass is 10.4. The van der Waals surface area contributed by atoms with E-state index in [2.05, 4.69) is 14.6 Å². The van der Waals surface area contributed by atoms with Gasteiger partial charge in [0.05, 0.1) is 11.8 Å². The van der Waals surface area contributed by atoms with E-state index < -0.39 is 0 Å². The van der Waals surface area contributed by atoms with Crippen molar-refractivity contribution in [3.05, 3.63) is 12.4 Å². The van der Waals surface area contributed by atoms with Gasteiger partial charge in [0.2, 0.25) is 0 Å². The molecule has 0 aromatic carbocycles. The van der Waals surface area contributed by atoms with E-state index in [-0.39, 0.29) is 0 Å². The molecule has 0 spiro atoms. The number of aromatic amines is 1. The summed E-state index contributed by atoms with van der Waals surface area (Å²) in [5, 5.41) is 8.49. The van der Waals surface area contributed by atoms with E-state index >= 15 is 0 Å². The molecule has 0 aromatic heterocycles. The minimum absolute atomic E-state index is 0.977. The van der Waals surface area contributed by atoms with Gasteiger partial charge in [0.1, 0.15) is 0 Å². The van der Waals surface area contributed by atoms with Gasteiger partial charge in [-0.05, 0) is 11.5 Å². The molecule has 0 aliphatic carbocycles. The highest BCUT2D eigenvalue weighted by Crippen LogP contribution is 2.20. The van der Waals surface area contributed by atoms with Crippen molar-refractivity contribution >= 4 is 11.5 Å². The van der Waals surface area contributed by atoms with E-state index in [1.54, 1.807) is 6.20 Å². The zero-order valence-electron chi connectivity index (χ0n) is 3.96. The Balaban J connectivity index is 2.84. The monoisotopic (exact) mass is 125 g/mol. The van der Waals surface area contributed by atoms with Crippen LogP contribution >= 0.6 is 11.5 Å². The van der Waals surface area contributed by atoms with E-state index in [0.29, 0.717) is 0 Å². The number of H-pyrrole nitrogens is 1. The zero-order chi connectivity index (χ0) is 5.40. The van der Waals surface area contributed by atoms with Gasteiger partial charge >= 0.3 is 0 Å². The minimum atomic E-state index is 0.977. The topological polar surface area (TPSA) is 41.6 Å². The van der Waals surface area contributed by atoms with Crippen LogP contribution in [0.25, 0.3) is 10.6 Å². The maximum absolute atomic E-state index is 3.82. The third-order valence-electron chi connectivity index (χ3n) is 0.962. The Hall–Kier alpha value is -0.900. The highest BCUT2D eigenvalue weighted by molar-refractivity contribution is 7.09. The molecule has 0 radical (unpaired) electrons. The maximum Gasteiger partial charge on any atom is 0.165 e. The highest BCUT2D eigenvalue weighted by atomic mass is 32.1.